The lowest BCUT2D eigenvalue weighted by Gasteiger charge is -2.38. The molecule has 0 bridgehead atoms. The molecule has 13 heteroatoms. The third kappa shape index (κ3) is 6.61. The highest BCUT2D eigenvalue weighted by Crippen LogP contribution is 2.35. The number of carboxylic acid groups (broad SMARTS) is 1. The number of nitriles is 1. The maximum atomic E-state index is 14.9. The number of nitrogens with two attached hydrogens (primary N) is 1. The molecule has 0 fully saturated rings. The molecule has 38 heavy (non-hydrogen) atoms. The molecule has 8 nitrogen and oxygen atoms in total. The Morgan fingerprint density at radius 1 is 1.13 bits per heavy atom. The predicted octanol–water partition coefficient (Wildman–Crippen LogP) is 3.75. The fraction of sp³-hybridized carbons (Fsp3) is 0.320. The number of guanidine groups is 1. The quantitative estimate of drug-likeness (QED) is 0.413. The summed E-state index contributed by atoms with van der Waals surface area (Å²) >= 11 is 0. The Labute approximate surface area is 217 Å². The van der Waals surface area contributed by atoms with Crippen LogP contribution in [-0.2, 0) is 20.2 Å². The molecule has 2 aromatic rings. The first kappa shape index (κ1) is 28.5. The van der Waals surface area contributed by atoms with E-state index in [4.69, 9.17) is 20.9 Å². The largest absolute Gasteiger partial charge is 0.490 e. The predicted molar refractivity (Wildman–Crippen MR) is 132 cm³/mol. The molecule has 2 aliphatic rings. The summed E-state index contributed by atoms with van der Waals surface area (Å²) in [5, 5.41) is 16.0. The van der Waals surface area contributed by atoms with Gasteiger partial charge in [-0.25, -0.2) is 22.7 Å². The van der Waals surface area contributed by atoms with Crippen LogP contribution in [0.15, 0.2) is 51.8 Å². The molecule has 2 aromatic carbocycles. The first-order chi connectivity index (χ1) is 17.8. The summed E-state index contributed by atoms with van der Waals surface area (Å²) < 4.78 is 66.2. The molecular formula is C25H23F4N5O3S. The van der Waals surface area contributed by atoms with E-state index in [1.807, 2.05) is 0 Å². The van der Waals surface area contributed by atoms with Crippen LogP contribution in [0.2, 0.25) is 0 Å². The molecule has 0 saturated carbocycles. The van der Waals surface area contributed by atoms with Gasteiger partial charge in [0.25, 0.3) is 0 Å². The number of benzene rings is 2. The molecule has 0 spiro atoms. The van der Waals surface area contributed by atoms with Crippen LogP contribution in [0, 0.1) is 29.0 Å². The van der Waals surface area contributed by atoms with Crippen LogP contribution in [0.3, 0.4) is 0 Å². The normalized spacial score (nSPS) is 22.5. The fourth-order valence-electron chi connectivity index (χ4n) is 3.80. The van der Waals surface area contributed by atoms with Crippen LogP contribution in [-0.4, -0.2) is 50.6 Å². The Bertz CT molecular complexity index is 1480. The molecular weight excluding hydrogens is 526 g/mol. The van der Waals surface area contributed by atoms with Gasteiger partial charge in [0.15, 0.2) is 0 Å². The van der Waals surface area contributed by atoms with Gasteiger partial charge < -0.3 is 10.8 Å². The first-order valence-electron chi connectivity index (χ1n) is 11.2. The van der Waals surface area contributed by atoms with E-state index in [1.54, 1.807) is 47.6 Å². The molecule has 0 aliphatic carbocycles. The van der Waals surface area contributed by atoms with Gasteiger partial charge in [-0.05, 0) is 62.2 Å². The van der Waals surface area contributed by atoms with Crippen LogP contribution < -0.4 is 5.73 Å². The van der Waals surface area contributed by atoms with Gasteiger partial charge in [-0.2, -0.15) is 18.4 Å². The van der Waals surface area contributed by atoms with Gasteiger partial charge in [-0.3, -0.25) is 4.31 Å². The molecule has 0 saturated heterocycles. The van der Waals surface area contributed by atoms with Crippen LogP contribution in [0.4, 0.5) is 17.6 Å². The third-order valence-corrected chi connectivity index (χ3v) is 8.23. The summed E-state index contributed by atoms with van der Waals surface area (Å²) in [5.41, 5.74) is 7.26. The number of hydrogen-bond donors (Lipinski definition) is 2. The van der Waals surface area contributed by atoms with Crippen molar-refractivity contribution in [2.24, 2.45) is 15.1 Å². The number of fused-ring (bicyclic) bond motifs is 1. The van der Waals surface area contributed by atoms with E-state index < -0.39 is 33.4 Å². The van der Waals surface area contributed by atoms with Crippen molar-refractivity contribution in [2.75, 3.05) is 18.8 Å². The van der Waals surface area contributed by atoms with Crippen LogP contribution >= 0.6 is 0 Å². The molecule has 0 unspecified atom stereocenters. The van der Waals surface area contributed by atoms with Crippen molar-refractivity contribution in [3.8, 4) is 17.9 Å². The average Bonchev–Trinajstić information content (AvgIpc) is 3.04. The van der Waals surface area contributed by atoms with Gasteiger partial charge in [0.05, 0.1) is 23.9 Å². The van der Waals surface area contributed by atoms with Gasteiger partial charge in [0, 0.05) is 23.2 Å². The molecule has 200 valence electrons. The van der Waals surface area contributed by atoms with E-state index in [2.05, 4.69) is 27.3 Å². The lowest BCUT2D eigenvalue weighted by Crippen LogP contribution is -2.52. The van der Waals surface area contributed by atoms with E-state index in [1.165, 1.54) is 6.07 Å². The Hall–Kier alpha value is -4.10. The van der Waals surface area contributed by atoms with Crippen molar-refractivity contribution in [1.82, 2.24) is 4.31 Å². The number of alkyl halides is 3. The number of halogens is 4. The topological polar surface area (TPSA) is 132 Å². The van der Waals surface area contributed by atoms with Crippen LogP contribution in [0.25, 0.3) is 0 Å². The molecule has 2 atom stereocenters. The van der Waals surface area contributed by atoms with Gasteiger partial charge in [0.2, 0.25) is 5.96 Å². The summed E-state index contributed by atoms with van der Waals surface area (Å²) in [7, 11) is -2.79. The van der Waals surface area contributed by atoms with Crippen molar-refractivity contribution in [3.63, 3.8) is 0 Å². The van der Waals surface area contributed by atoms with E-state index in [-0.39, 0.29) is 11.7 Å². The monoisotopic (exact) mass is 549 g/mol. The lowest BCUT2D eigenvalue weighted by molar-refractivity contribution is -0.192. The Morgan fingerprint density at radius 2 is 1.71 bits per heavy atom. The zero-order chi connectivity index (χ0) is 28.1. The summed E-state index contributed by atoms with van der Waals surface area (Å²) in [6, 6.07) is 13.5. The number of hydrogen-bond acceptors (Lipinski definition) is 6. The Balaban J connectivity index is 0.000000505. The molecule has 3 N–H and O–H groups in total. The highest BCUT2D eigenvalue weighted by molar-refractivity contribution is 7.92. The number of aliphatic carboxylic acids is 1. The molecule has 0 amide bonds. The van der Waals surface area contributed by atoms with Crippen molar-refractivity contribution < 1.29 is 31.7 Å². The van der Waals surface area contributed by atoms with Crippen molar-refractivity contribution in [2.45, 2.75) is 31.5 Å². The highest BCUT2D eigenvalue weighted by Gasteiger charge is 2.42. The Kier molecular flexibility index (Phi) is 8.32. The molecule has 0 radical (unpaired) electrons. The van der Waals surface area contributed by atoms with Crippen molar-refractivity contribution in [1.29, 1.82) is 5.26 Å². The number of rotatable bonds is 1. The van der Waals surface area contributed by atoms with Crippen molar-refractivity contribution in [3.05, 3.63) is 70.5 Å². The first-order valence-corrected chi connectivity index (χ1v) is 12.9. The second-order valence-electron chi connectivity index (χ2n) is 8.59. The Morgan fingerprint density at radius 3 is 2.32 bits per heavy atom. The molecule has 0 aromatic heterocycles. The van der Waals surface area contributed by atoms with Gasteiger partial charge in [0.1, 0.15) is 21.3 Å². The smallest absolute Gasteiger partial charge is 0.475 e. The maximum Gasteiger partial charge on any atom is 0.490 e. The van der Waals surface area contributed by atoms with Gasteiger partial charge in [-0.1, -0.05) is 11.8 Å². The number of carbonyl (C=O) groups is 1. The zero-order valence-electron chi connectivity index (χ0n) is 20.1. The SMILES string of the molecule is C[C@@]1(c2cc(C#Cc3ccc(C#N)cc3)ccc2F)C[S@@]2(=O)=NCCCCN2C(N)=N1.O=C(O)C(F)(F)F. The minimum absolute atomic E-state index is 0.0735. The second-order valence-corrected chi connectivity index (χ2v) is 10.8. The molecule has 2 heterocycles. The van der Waals surface area contributed by atoms with Crippen LogP contribution in [0.1, 0.15) is 42.0 Å². The summed E-state index contributed by atoms with van der Waals surface area (Å²) in [6.07, 6.45) is -3.41. The van der Waals surface area contributed by atoms with E-state index in [0.717, 1.165) is 18.4 Å². The zero-order valence-corrected chi connectivity index (χ0v) is 20.9. The van der Waals surface area contributed by atoms with E-state index in [0.29, 0.717) is 29.8 Å². The molecule has 2 aliphatic heterocycles. The lowest BCUT2D eigenvalue weighted by atomic mass is 9.92. The fourth-order valence-corrected chi connectivity index (χ4v) is 6.30. The second kappa shape index (κ2) is 11.1. The number of carboxylic acids is 1. The molecule has 4 rings (SSSR count). The number of nitrogens with zero attached hydrogens (tertiary/aromatic N) is 4. The third-order valence-electron chi connectivity index (χ3n) is 5.65. The standard InChI is InChI=1S/C23H22FN5OS.C2HF3O2/c1-23(16-31(30)27-12-2-3-13-29(31)22(26)28-23)20-14-18(10-11-21(20)24)7-4-17-5-8-19(15-25)9-6-17;3-2(4,5)1(6)7/h5-6,8-11,14H,2-3,12-13,16H2,1H3,(H2,26,28);(H,6,7)/t23-,31+;/m0./s1. The van der Waals surface area contributed by atoms with Crippen LogP contribution in [0.5, 0.6) is 0 Å². The summed E-state index contributed by atoms with van der Waals surface area (Å²) in [4.78, 5) is 13.5. The highest BCUT2D eigenvalue weighted by atomic mass is 32.2. The summed E-state index contributed by atoms with van der Waals surface area (Å²) in [5.74, 6) is 3.05. The maximum absolute atomic E-state index is 14.9. The van der Waals surface area contributed by atoms with Gasteiger partial charge >= 0.3 is 12.1 Å². The van der Waals surface area contributed by atoms with E-state index in [9.17, 15) is 21.8 Å². The minimum atomic E-state index is -5.08. The summed E-state index contributed by atoms with van der Waals surface area (Å²) in [6.45, 7) is 2.77. The van der Waals surface area contributed by atoms with Crippen molar-refractivity contribution >= 4 is 21.8 Å². The van der Waals surface area contributed by atoms with E-state index >= 15 is 0 Å². The van der Waals surface area contributed by atoms with Gasteiger partial charge in [-0.15, -0.1) is 0 Å². The minimum Gasteiger partial charge on any atom is -0.475 e. The number of aliphatic imine (C=N–C) groups is 1. The average molecular weight is 550 g/mol.